The Kier molecular flexibility index (Phi) is 4.21. The number of aromatic nitrogens is 1. The summed E-state index contributed by atoms with van der Waals surface area (Å²) in [6.45, 7) is 0.720. The molecule has 0 amide bonds. The van der Waals surface area contributed by atoms with Crippen LogP contribution in [-0.2, 0) is 16.5 Å². The molecule has 1 aromatic rings. The molecule has 1 heterocycles. The van der Waals surface area contributed by atoms with Crippen molar-refractivity contribution in [1.29, 1.82) is 0 Å². The predicted molar refractivity (Wildman–Crippen MR) is 46.0 cm³/mol. The van der Waals surface area contributed by atoms with Gasteiger partial charge in [-0.25, -0.2) is 10.1 Å². The first-order valence-corrected chi connectivity index (χ1v) is 4.01. The molecule has 0 aliphatic carbocycles. The highest BCUT2D eigenvalue weighted by molar-refractivity contribution is 5.19. The quantitative estimate of drug-likeness (QED) is 0.639. The Bertz CT molecular complexity index is 252. The van der Waals surface area contributed by atoms with E-state index in [-0.39, 0.29) is 6.61 Å². The zero-order chi connectivity index (χ0) is 9.52. The molecule has 0 unspecified atom stereocenters. The number of nitrogens with zero attached hydrogens (tertiary/aromatic N) is 1. The Morgan fingerprint density at radius 2 is 2.31 bits per heavy atom. The maximum absolute atomic E-state index is 10.5. The standard InChI is InChI=1S/C9H12NO3/c1-12-4-5-13-9-6-8(7-11)2-3-10-9/h2-3,6H,4-5,7H2,1H3. The van der Waals surface area contributed by atoms with Gasteiger partial charge in [-0.05, 0) is 11.6 Å². The molecule has 0 saturated heterocycles. The van der Waals surface area contributed by atoms with Gasteiger partial charge in [0.15, 0.2) is 0 Å². The fraction of sp³-hybridized carbons (Fsp3) is 0.444. The van der Waals surface area contributed by atoms with Gasteiger partial charge in [-0.15, -0.1) is 0 Å². The van der Waals surface area contributed by atoms with Crippen LogP contribution in [-0.4, -0.2) is 25.3 Å². The van der Waals surface area contributed by atoms with Gasteiger partial charge in [0.2, 0.25) is 5.88 Å². The molecule has 0 atom stereocenters. The SMILES string of the molecule is COCCOc1cc(C[O])ccn1. The lowest BCUT2D eigenvalue weighted by molar-refractivity contribution is 0.143. The molecule has 0 N–H and O–H groups in total. The molecule has 13 heavy (non-hydrogen) atoms. The van der Waals surface area contributed by atoms with Gasteiger partial charge in [-0.1, -0.05) is 0 Å². The second-order valence-electron chi connectivity index (χ2n) is 2.49. The fourth-order valence-electron chi connectivity index (χ4n) is 0.849. The van der Waals surface area contributed by atoms with Crippen LogP contribution in [0.3, 0.4) is 0 Å². The molecule has 4 nitrogen and oxygen atoms in total. The first-order valence-electron chi connectivity index (χ1n) is 4.01. The Morgan fingerprint density at radius 1 is 1.46 bits per heavy atom. The van der Waals surface area contributed by atoms with Crippen molar-refractivity contribution < 1.29 is 14.6 Å². The Morgan fingerprint density at radius 3 is 3.00 bits per heavy atom. The third-order valence-electron chi connectivity index (χ3n) is 1.50. The van der Waals surface area contributed by atoms with Gasteiger partial charge >= 0.3 is 0 Å². The third-order valence-corrected chi connectivity index (χ3v) is 1.50. The first kappa shape index (κ1) is 9.95. The van der Waals surface area contributed by atoms with Crippen LogP contribution >= 0.6 is 0 Å². The van der Waals surface area contributed by atoms with E-state index in [2.05, 4.69) is 4.98 Å². The van der Waals surface area contributed by atoms with Crippen LogP contribution in [0.1, 0.15) is 5.56 Å². The minimum absolute atomic E-state index is 0.247. The lowest BCUT2D eigenvalue weighted by Gasteiger charge is -2.04. The van der Waals surface area contributed by atoms with Crippen LogP contribution in [0, 0.1) is 0 Å². The highest BCUT2D eigenvalue weighted by Crippen LogP contribution is 2.08. The van der Waals surface area contributed by atoms with Gasteiger partial charge < -0.3 is 9.47 Å². The highest BCUT2D eigenvalue weighted by Gasteiger charge is 1.96. The van der Waals surface area contributed by atoms with Crippen LogP contribution in [0.25, 0.3) is 0 Å². The second kappa shape index (κ2) is 5.50. The lowest BCUT2D eigenvalue weighted by atomic mass is 10.3. The number of pyridine rings is 1. The molecule has 1 rings (SSSR count). The van der Waals surface area contributed by atoms with Crippen LogP contribution < -0.4 is 4.74 Å². The summed E-state index contributed by atoms with van der Waals surface area (Å²) in [6, 6.07) is 3.32. The van der Waals surface area contributed by atoms with Gasteiger partial charge in [0.25, 0.3) is 0 Å². The van der Waals surface area contributed by atoms with E-state index in [1.165, 1.54) is 0 Å². The minimum Gasteiger partial charge on any atom is -0.475 e. The summed E-state index contributed by atoms with van der Waals surface area (Å²) in [6.07, 6.45) is 1.56. The molecular weight excluding hydrogens is 170 g/mol. The van der Waals surface area contributed by atoms with Crippen molar-refractivity contribution in [1.82, 2.24) is 4.98 Å². The molecule has 1 aromatic heterocycles. The molecule has 0 bridgehead atoms. The largest absolute Gasteiger partial charge is 0.475 e. The molecule has 0 aliphatic heterocycles. The maximum atomic E-state index is 10.5. The normalized spacial score (nSPS) is 10.0. The van der Waals surface area contributed by atoms with Crippen molar-refractivity contribution in [2.45, 2.75) is 6.61 Å². The van der Waals surface area contributed by atoms with Crippen LogP contribution in [0.4, 0.5) is 0 Å². The molecule has 0 spiro atoms. The van der Waals surface area contributed by atoms with Crippen molar-refractivity contribution in [3.8, 4) is 5.88 Å². The van der Waals surface area contributed by atoms with Crippen molar-refractivity contribution in [2.75, 3.05) is 20.3 Å². The minimum atomic E-state index is -0.247. The third kappa shape index (κ3) is 3.40. The van der Waals surface area contributed by atoms with E-state index in [1.54, 1.807) is 25.4 Å². The van der Waals surface area contributed by atoms with E-state index in [4.69, 9.17) is 9.47 Å². The molecule has 71 valence electrons. The van der Waals surface area contributed by atoms with Gasteiger partial charge in [0.05, 0.1) is 6.61 Å². The molecular formula is C9H12NO3. The van der Waals surface area contributed by atoms with Gasteiger partial charge in [0.1, 0.15) is 13.2 Å². The van der Waals surface area contributed by atoms with Crippen LogP contribution in [0.2, 0.25) is 0 Å². The number of rotatable bonds is 5. The van der Waals surface area contributed by atoms with Crippen LogP contribution in [0.5, 0.6) is 5.88 Å². The predicted octanol–water partition coefficient (Wildman–Crippen LogP) is 1.04. The van der Waals surface area contributed by atoms with E-state index in [0.29, 0.717) is 24.7 Å². The summed E-state index contributed by atoms with van der Waals surface area (Å²) < 4.78 is 10.0. The van der Waals surface area contributed by atoms with Gasteiger partial charge in [-0.2, -0.15) is 0 Å². The number of hydrogen-bond acceptors (Lipinski definition) is 3. The van der Waals surface area contributed by atoms with Crippen molar-refractivity contribution in [3.63, 3.8) is 0 Å². The molecule has 0 fully saturated rings. The lowest BCUT2D eigenvalue weighted by Crippen LogP contribution is -2.05. The maximum Gasteiger partial charge on any atom is 0.213 e. The average molecular weight is 182 g/mol. The first-order chi connectivity index (χ1) is 6.36. The van der Waals surface area contributed by atoms with Crippen molar-refractivity contribution >= 4 is 0 Å². The number of hydrogen-bond donors (Lipinski definition) is 0. The van der Waals surface area contributed by atoms with E-state index < -0.39 is 0 Å². The van der Waals surface area contributed by atoms with E-state index in [1.807, 2.05) is 0 Å². The molecule has 0 saturated carbocycles. The zero-order valence-electron chi connectivity index (χ0n) is 7.53. The Hall–Kier alpha value is -1.13. The van der Waals surface area contributed by atoms with E-state index in [9.17, 15) is 5.11 Å². The molecule has 0 aliphatic rings. The Balaban J connectivity index is 2.46. The number of methoxy groups -OCH3 is 1. The number of ether oxygens (including phenoxy) is 2. The Labute approximate surface area is 77.1 Å². The average Bonchev–Trinajstić information content (AvgIpc) is 2.19. The summed E-state index contributed by atoms with van der Waals surface area (Å²) in [7, 11) is 1.60. The van der Waals surface area contributed by atoms with Crippen molar-refractivity contribution in [2.24, 2.45) is 0 Å². The zero-order valence-corrected chi connectivity index (χ0v) is 7.53. The topological polar surface area (TPSA) is 51.2 Å². The second-order valence-corrected chi connectivity index (χ2v) is 2.49. The molecule has 1 radical (unpaired) electrons. The van der Waals surface area contributed by atoms with Crippen LogP contribution in [0.15, 0.2) is 18.3 Å². The molecule has 4 heteroatoms. The van der Waals surface area contributed by atoms with Gasteiger partial charge in [-0.3, -0.25) is 0 Å². The van der Waals surface area contributed by atoms with Gasteiger partial charge in [0, 0.05) is 19.4 Å². The summed E-state index contributed by atoms with van der Waals surface area (Å²) in [5, 5.41) is 10.5. The smallest absolute Gasteiger partial charge is 0.213 e. The summed E-state index contributed by atoms with van der Waals surface area (Å²) in [4.78, 5) is 3.94. The van der Waals surface area contributed by atoms with E-state index >= 15 is 0 Å². The fourth-order valence-corrected chi connectivity index (χ4v) is 0.849. The summed E-state index contributed by atoms with van der Waals surface area (Å²) in [5.41, 5.74) is 0.683. The highest BCUT2D eigenvalue weighted by atomic mass is 16.5. The van der Waals surface area contributed by atoms with Crippen molar-refractivity contribution in [3.05, 3.63) is 23.9 Å². The monoisotopic (exact) mass is 182 g/mol. The summed E-state index contributed by atoms with van der Waals surface area (Å²) >= 11 is 0. The van der Waals surface area contributed by atoms with E-state index in [0.717, 1.165) is 0 Å². The summed E-state index contributed by atoms with van der Waals surface area (Å²) in [5.74, 6) is 0.477. The molecule has 0 aromatic carbocycles.